The van der Waals surface area contributed by atoms with E-state index in [9.17, 15) is 9.90 Å². The summed E-state index contributed by atoms with van der Waals surface area (Å²) in [5.41, 5.74) is 1.59. The summed E-state index contributed by atoms with van der Waals surface area (Å²) in [4.78, 5) is 12.2. The second-order valence-corrected chi connectivity index (χ2v) is 9.45. The zero-order valence-corrected chi connectivity index (χ0v) is 16.0. The number of allylic oxidation sites excluding steroid dienone is 3. The van der Waals surface area contributed by atoms with Crippen molar-refractivity contribution in [2.24, 2.45) is 34.5 Å². The number of hydrogen-bond donors (Lipinski definition) is 1. The lowest BCUT2D eigenvalue weighted by atomic mass is 9.47. The molecule has 3 nitrogen and oxygen atoms in total. The van der Waals surface area contributed by atoms with Crippen LogP contribution in [0.15, 0.2) is 23.5 Å². The van der Waals surface area contributed by atoms with Gasteiger partial charge < -0.3 is 9.84 Å². The molecule has 0 amide bonds. The fourth-order valence-electron chi connectivity index (χ4n) is 7.23. The Bertz CT molecular complexity index is 648. The topological polar surface area (TPSA) is 46.5 Å². The van der Waals surface area contributed by atoms with E-state index in [0.717, 1.165) is 25.7 Å². The van der Waals surface area contributed by atoms with Gasteiger partial charge >= 0.3 is 0 Å². The Hall–Kier alpha value is -1.09. The Kier molecular flexibility index (Phi) is 3.95. The zero-order chi connectivity index (χ0) is 18.0. The number of ether oxygens (including phenoxy) is 1. The second kappa shape index (κ2) is 5.70. The third kappa shape index (κ3) is 2.31. The molecule has 2 saturated carbocycles. The van der Waals surface area contributed by atoms with Gasteiger partial charge in [0.25, 0.3) is 0 Å². The van der Waals surface area contributed by atoms with Crippen LogP contribution in [0.5, 0.6) is 0 Å². The fourth-order valence-corrected chi connectivity index (χ4v) is 7.23. The van der Waals surface area contributed by atoms with Crippen molar-refractivity contribution >= 4 is 5.78 Å². The minimum absolute atomic E-state index is 0.0417. The highest BCUT2D eigenvalue weighted by Crippen LogP contribution is 2.66. The Morgan fingerprint density at radius 2 is 2.00 bits per heavy atom. The quantitative estimate of drug-likeness (QED) is 0.814. The fraction of sp³-hybridized carbons (Fsp3) is 0.773. The van der Waals surface area contributed by atoms with Crippen molar-refractivity contribution in [3.8, 4) is 0 Å². The van der Waals surface area contributed by atoms with Gasteiger partial charge in [0.1, 0.15) is 17.6 Å². The number of Topliss-reactive ketones (excluding diaryl/α,β-unsaturated/α-hetero) is 1. The minimum atomic E-state index is -0.493. The molecule has 1 unspecified atom stereocenters. The SMILES string of the molecule is COC1=CC2=CC[C@H]3[C@@H]4CC[C@H](C(C)=O)[C@@]4(C)CC[C@@H]3[C@@]2(C)CC1O. The van der Waals surface area contributed by atoms with Gasteiger partial charge in [0.15, 0.2) is 0 Å². The molecule has 0 heterocycles. The van der Waals surface area contributed by atoms with Crippen LogP contribution in [0.1, 0.15) is 59.3 Å². The van der Waals surface area contributed by atoms with Gasteiger partial charge in [-0.05, 0) is 85.7 Å². The molecule has 4 aliphatic carbocycles. The van der Waals surface area contributed by atoms with Gasteiger partial charge in [-0.25, -0.2) is 0 Å². The van der Waals surface area contributed by atoms with Crippen molar-refractivity contribution < 1.29 is 14.6 Å². The van der Waals surface area contributed by atoms with Crippen LogP contribution < -0.4 is 0 Å². The molecule has 0 aromatic carbocycles. The van der Waals surface area contributed by atoms with E-state index in [1.54, 1.807) is 14.0 Å². The first kappa shape index (κ1) is 17.3. The molecule has 0 bridgehead atoms. The maximum atomic E-state index is 12.2. The largest absolute Gasteiger partial charge is 0.498 e. The van der Waals surface area contributed by atoms with Crippen molar-refractivity contribution in [2.45, 2.75) is 65.4 Å². The van der Waals surface area contributed by atoms with Crippen LogP contribution in [0.2, 0.25) is 0 Å². The molecule has 138 valence electrons. The van der Waals surface area contributed by atoms with Gasteiger partial charge in [0, 0.05) is 5.92 Å². The van der Waals surface area contributed by atoms with Gasteiger partial charge in [0.2, 0.25) is 0 Å². The Morgan fingerprint density at radius 3 is 2.68 bits per heavy atom. The van der Waals surface area contributed by atoms with E-state index in [-0.39, 0.29) is 16.7 Å². The summed E-state index contributed by atoms with van der Waals surface area (Å²) in [5.74, 6) is 3.28. The summed E-state index contributed by atoms with van der Waals surface area (Å²) in [7, 11) is 1.65. The molecule has 3 heteroatoms. The first-order valence-electron chi connectivity index (χ1n) is 9.96. The standard InChI is InChI=1S/C22H32O3/c1-13(23)16-7-8-17-15-6-5-14-11-20(25-4)19(24)12-22(14,3)18(15)9-10-21(16,17)2/h5,11,15-19,24H,6-10,12H2,1-4H3/t15-,16+,17-,18-,19?,21+,22-/m0/s1. The van der Waals surface area contributed by atoms with Gasteiger partial charge in [-0.3, -0.25) is 4.79 Å². The number of carbonyl (C=O) groups is 1. The Balaban J connectivity index is 1.69. The third-order valence-electron chi connectivity index (χ3n) is 8.49. The minimum Gasteiger partial charge on any atom is -0.498 e. The molecule has 25 heavy (non-hydrogen) atoms. The third-order valence-corrected chi connectivity index (χ3v) is 8.49. The number of hydrogen-bond acceptors (Lipinski definition) is 3. The number of fused-ring (bicyclic) bond motifs is 5. The first-order chi connectivity index (χ1) is 11.8. The molecule has 2 fully saturated rings. The van der Waals surface area contributed by atoms with Crippen LogP contribution in [-0.4, -0.2) is 24.1 Å². The van der Waals surface area contributed by atoms with Crippen LogP contribution in [0.4, 0.5) is 0 Å². The van der Waals surface area contributed by atoms with E-state index in [2.05, 4.69) is 26.0 Å². The smallest absolute Gasteiger partial charge is 0.133 e. The van der Waals surface area contributed by atoms with Crippen LogP contribution in [0, 0.1) is 34.5 Å². The molecule has 0 spiro atoms. The second-order valence-electron chi connectivity index (χ2n) is 9.45. The lowest BCUT2D eigenvalue weighted by Gasteiger charge is -2.57. The monoisotopic (exact) mass is 344 g/mol. The molecule has 1 N–H and O–H groups in total. The number of methoxy groups -OCH3 is 1. The Morgan fingerprint density at radius 1 is 1.24 bits per heavy atom. The van der Waals surface area contributed by atoms with E-state index >= 15 is 0 Å². The van der Waals surface area contributed by atoms with Crippen molar-refractivity contribution in [3.05, 3.63) is 23.5 Å². The van der Waals surface area contributed by atoms with E-state index in [0.29, 0.717) is 29.3 Å². The molecule has 7 atom stereocenters. The van der Waals surface area contributed by atoms with E-state index in [4.69, 9.17) is 4.74 Å². The highest BCUT2D eigenvalue weighted by atomic mass is 16.5. The Labute approximate surface area is 151 Å². The molecular weight excluding hydrogens is 312 g/mol. The van der Waals surface area contributed by atoms with E-state index < -0.39 is 6.10 Å². The molecule has 0 radical (unpaired) electrons. The summed E-state index contributed by atoms with van der Waals surface area (Å²) < 4.78 is 5.39. The zero-order valence-electron chi connectivity index (χ0n) is 16.0. The summed E-state index contributed by atoms with van der Waals surface area (Å²) >= 11 is 0. The predicted octanol–water partition coefficient (Wildman–Crippen LogP) is 4.27. The van der Waals surface area contributed by atoms with Crippen LogP contribution in [-0.2, 0) is 9.53 Å². The predicted molar refractivity (Wildman–Crippen MR) is 97.7 cm³/mol. The number of rotatable bonds is 2. The molecule has 4 rings (SSSR count). The summed E-state index contributed by atoms with van der Waals surface area (Å²) in [6, 6.07) is 0. The number of aliphatic hydroxyl groups excluding tert-OH is 1. The maximum absolute atomic E-state index is 12.2. The summed E-state index contributed by atoms with van der Waals surface area (Å²) in [5, 5.41) is 10.6. The molecule has 4 aliphatic rings. The normalized spacial score (nSPS) is 48.6. The lowest BCUT2D eigenvalue weighted by Crippen LogP contribution is -2.51. The van der Waals surface area contributed by atoms with Crippen molar-refractivity contribution in [1.82, 2.24) is 0 Å². The summed E-state index contributed by atoms with van der Waals surface area (Å²) in [6.45, 7) is 6.52. The lowest BCUT2D eigenvalue weighted by molar-refractivity contribution is -0.127. The van der Waals surface area contributed by atoms with Crippen LogP contribution in [0.25, 0.3) is 0 Å². The molecule has 0 aromatic heterocycles. The van der Waals surface area contributed by atoms with E-state index in [1.165, 1.54) is 18.4 Å². The maximum Gasteiger partial charge on any atom is 0.133 e. The molecule has 0 saturated heterocycles. The number of ketones is 1. The van der Waals surface area contributed by atoms with Crippen molar-refractivity contribution in [2.75, 3.05) is 7.11 Å². The van der Waals surface area contributed by atoms with Crippen molar-refractivity contribution in [1.29, 1.82) is 0 Å². The van der Waals surface area contributed by atoms with Gasteiger partial charge in [-0.2, -0.15) is 0 Å². The van der Waals surface area contributed by atoms with Gasteiger partial charge in [-0.1, -0.05) is 19.9 Å². The first-order valence-corrected chi connectivity index (χ1v) is 9.96. The average Bonchev–Trinajstić information content (AvgIpc) is 2.91. The molecule has 0 aliphatic heterocycles. The average molecular weight is 344 g/mol. The molecular formula is C22H32O3. The van der Waals surface area contributed by atoms with E-state index in [1.807, 2.05) is 0 Å². The number of aliphatic hydroxyl groups is 1. The highest BCUT2D eigenvalue weighted by Gasteiger charge is 2.59. The summed E-state index contributed by atoms with van der Waals surface area (Å²) in [6.07, 6.45) is 10.5. The number of carbonyl (C=O) groups excluding carboxylic acids is 1. The van der Waals surface area contributed by atoms with Crippen LogP contribution in [0.3, 0.4) is 0 Å². The van der Waals surface area contributed by atoms with Crippen molar-refractivity contribution in [3.63, 3.8) is 0 Å². The van der Waals surface area contributed by atoms with Crippen LogP contribution >= 0.6 is 0 Å². The highest BCUT2D eigenvalue weighted by molar-refractivity contribution is 5.79. The molecule has 0 aromatic rings. The van der Waals surface area contributed by atoms with Gasteiger partial charge in [0.05, 0.1) is 7.11 Å². The van der Waals surface area contributed by atoms with Gasteiger partial charge in [-0.15, -0.1) is 0 Å².